The fourth-order valence-corrected chi connectivity index (χ4v) is 2.14. The molecule has 18 heavy (non-hydrogen) atoms. The van der Waals surface area contributed by atoms with Gasteiger partial charge in [0.25, 0.3) is 0 Å². The summed E-state index contributed by atoms with van der Waals surface area (Å²) < 4.78 is 0.917. The predicted octanol–water partition coefficient (Wildman–Crippen LogP) is 4.24. The van der Waals surface area contributed by atoms with Crippen LogP contribution in [0, 0.1) is 18.3 Å². The van der Waals surface area contributed by atoms with E-state index in [0.29, 0.717) is 5.56 Å². The summed E-state index contributed by atoms with van der Waals surface area (Å²) >= 11 is 3.36. The molecule has 1 N–H and O–H groups in total. The van der Waals surface area contributed by atoms with E-state index in [1.54, 1.807) is 0 Å². The SMILES string of the molecule is Cc1cccc(CNc2ccc(Br)cc2C#N)c1. The van der Waals surface area contributed by atoms with Crippen LogP contribution in [0.4, 0.5) is 5.69 Å². The minimum atomic E-state index is 0.650. The van der Waals surface area contributed by atoms with Crippen molar-refractivity contribution in [1.82, 2.24) is 0 Å². The van der Waals surface area contributed by atoms with Crippen LogP contribution in [0.3, 0.4) is 0 Å². The number of hydrogen-bond acceptors (Lipinski definition) is 2. The summed E-state index contributed by atoms with van der Waals surface area (Å²) in [6, 6.07) is 16.2. The van der Waals surface area contributed by atoms with Crippen molar-refractivity contribution in [2.45, 2.75) is 13.5 Å². The van der Waals surface area contributed by atoms with E-state index >= 15 is 0 Å². The Hall–Kier alpha value is -1.79. The molecule has 0 bridgehead atoms. The second-order valence-corrected chi connectivity index (χ2v) is 5.06. The predicted molar refractivity (Wildman–Crippen MR) is 77.4 cm³/mol. The fraction of sp³-hybridized carbons (Fsp3) is 0.133. The van der Waals surface area contributed by atoms with Crippen molar-refractivity contribution in [3.63, 3.8) is 0 Å². The molecular formula is C15H13BrN2. The molecule has 0 heterocycles. The zero-order chi connectivity index (χ0) is 13.0. The summed E-state index contributed by atoms with van der Waals surface area (Å²) in [5, 5.41) is 12.4. The topological polar surface area (TPSA) is 35.8 Å². The summed E-state index contributed by atoms with van der Waals surface area (Å²) in [5.74, 6) is 0. The van der Waals surface area contributed by atoms with E-state index in [-0.39, 0.29) is 0 Å². The van der Waals surface area contributed by atoms with Gasteiger partial charge in [-0.2, -0.15) is 5.26 Å². The molecule has 2 rings (SSSR count). The van der Waals surface area contributed by atoms with Gasteiger partial charge in [-0.1, -0.05) is 45.8 Å². The third-order valence-electron chi connectivity index (χ3n) is 2.67. The van der Waals surface area contributed by atoms with Crippen LogP contribution in [-0.2, 0) is 6.54 Å². The summed E-state index contributed by atoms with van der Waals surface area (Å²) in [7, 11) is 0. The van der Waals surface area contributed by atoms with E-state index in [4.69, 9.17) is 5.26 Å². The molecule has 0 aromatic heterocycles. The Balaban J connectivity index is 2.14. The highest BCUT2D eigenvalue weighted by molar-refractivity contribution is 9.10. The van der Waals surface area contributed by atoms with E-state index < -0.39 is 0 Å². The molecule has 90 valence electrons. The Morgan fingerprint density at radius 3 is 2.78 bits per heavy atom. The third kappa shape index (κ3) is 3.12. The highest BCUT2D eigenvalue weighted by atomic mass is 79.9. The first kappa shape index (κ1) is 12.7. The molecule has 0 saturated heterocycles. The van der Waals surface area contributed by atoms with Crippen molar-refractivity contribution < 1.29 is 0 Å². The fourth-order valence-electron chi connectivity index (χ4n) is 1.78. The first-order valence-electron chi connectivity index (χ1n) is 5.68. The molecule has 0 unspecified atom stereocenters. The molecule has 0 radical (unpaired) electrons. The van der Waals surface area contributed by atoms with Crippen LogP contribution < -0.4 is 5.32 Å². The standard InChI is InChI=1S/C15H13BrN2/c1-11-3-2-4-12(7-11)10-18-15-6-5-14(16)8-13(15)9-17/h2-8,18H,10H2,1H3. The van der Waals surface area contributed by atoms with Crippen molar-refractivity contribution >= 4 is 21.6 Å². The van der Waals surface area contributed by atoms with Gasteiger partial charge in [-0.3, -0.25) is 0 Å². The Morgan fingerprint density at radius 1 is 1.22 bits per heavy atom. The van der Waals surface area contributed by atoms with Crippen molar-refractivity contribution in [3.05, 3.63) is 63.6 Å². The van der Waals surface area contributed by atoms with Gasteiger partial charge in [-0.15, -0.1) is 0 Å². The molecule has 0 atom stereocenters. The molecular weight excluding hydrogens is 288 g/mol. The van der Waals surface area contributed by atoms with Crippen LogP contribution in [0.1, 0.15) is 16.7 Å². The van der Waals surface area contributed by atoms with Crippen LogP contribution in [-0.4, -0.2) is 0 Å². The van der Waals surface area contributed by atoms with Gasteiger partial charge in [-0.05, 0) is 30.7 Å². The maximum atomic E-state index is 9.07. The van der Waals surface area contributed by atoms with E-state index in [2.05, 4.69) is 52.4 Å². The second kappa shape index (κ2) is 5.70. The molecule has 2 aromatic rings. The molecule has 2 aromatic carbocycles. The number of anilines is 1. The lowest BCUT2D eigenvalue weighted by Crippen LogP contribution is -2.01. The minimum Gasteiger partial charge on any atom is -0.380 e. The van der Waals surface area contributed by atoms with Gasteiger partial charge in [0, 0.05) is 11.0 Å². The molecule has 0 fully saturated rings. The Morgan fingerprint density at radius 2 is 2.06 bits per heavy atom. The number of rotatable bonds is 3. The second-order valence-electron chi connectivity index (χ2n) is 4.14. The first-order chi connectivity index (χ1) is 8.69. The number of benzene rings is 2. The number of nitriles is 1. The average Bonchev–Trinajstić information content (AvgIpc) is 2.37. The molecule has 0 aliphatic rings. The highest BCUT2D eigenvalue weighted by Gasteiger charge is 2.02. The summed E-state index contributed by atoms with van der Waals surface area (Å²) in [5.41, 5.74) is 3.96. The number of nitrogens with one attached hydrogen (secondary N) is 1. The van der Waals surface area contributed by atoms with Crippen molar-refractivity contribution in [2.24, 2.45) is 0 Å². The van der Waals surface area contributed by atoms with Gasteiger partial charge in [0.1, 0.15) is 6.07 Å². The normalized spacial score (nSPS) is 9.83. The van der Waals surface area contributed by atoms with E-state index in [0.717, 1.165) is 16.7 Å². The highest BCUT2D eigenvalue weighted by Crippen LogP contribution is 2.21. The van der Waals surface area contributed by atoms with Gasteiger partial charge in [0.15, 0.2) is 0 Å². The van der Waals surface area contributed by atoms with Gasteiger partial charge in [0.2, 0.25) is 0 Å². The van der Waals surface area contributed by atoms with E-state index in [9.17, 15) is 0 Å². The Labute approximate surface area is 115 Å². The van der Waals surface area contributed by atoms with Gasteiger partial charge in [0.05, 0.1) is 11.3 Å². The lowest BCUT2D eigenvalue weighted by atomic mass is 10.1. The molecule has 3 heteroatoms. The van der Waals surface area contributed by atoms with Crippen LogP contribution >= 0.6 is 15.9 Å². The largest absolute Gasteiger partial charge is 0.380 e. The summed E-state index contributed by atoms with van der Waals surface area (Å²) in [4.78, 5) is 0. The maximum absolute atomic E-state index is 9.07. The summed E-state index contributed by atoms with van der Waals surface area (Å²) in [6.07, 6.45) is 0. The van der Waals surface area contributed by atoms with Gasteiger partial charge in [-0.25, -0.2) is 0 Å². The molecule has 0 aliphatic carbocycles. The zero-order valence-corrected chi connectivity index (χ0v) is 11.7. The summed E-state index contributed by atoms with van der Waals surface area (Å²) in [6.45, 7) is 2.79. The quantitative estimate of drug-likeness (QED) is 0.920. The van der Waals surface area contributed by atoms with Gasteiger partial charge >= 0.3 is 0 Å². The maximum Gasteiger partial charge on any atom is 0.101 e. The molecule has 0 aliphatic heterocycles. The molecule has 0 spiro atoms. The minimum absolute atomic E-state index is 0.650. The smallest absolute Gasteiger partial charge is 0.101 e. The number of halogens is 1. The lowest BCUT2D eigenvalue weighted by molar-refractivity contribution is 1.14. The first-order valence-corrected chi connectivity index (χ1v) is 6.47. The van der Waals surface area contributed by atoms with Crippen LogP contribution in [0.2, 0.25) is 0 Å². The Kier molecular flexibility index (Phi) is 4.01. The number of aryl methyl sites for hydroxylation is 1. The third-order valence-corrected chi connectivity index (χ3v) is 3.16. The lowest BCUT2D eigenvalue weighted by Gasteiger charge is -2.09. The van der Waals surface area contributed by atoms with Crippen molar-refractivity contribution in [2.75, 3.05) is 5.32 Å². The molecule has 0 saturated carbocycles. The molecule has 2 nitrogen and oxygen atoms in total. The van der Waals surface area contributed by atoms with Crippen molar-refractivity contribution in [1.29, 1.82) is 5.26 Å². The van der Waals surface area contributed by atoms with Crippen LogP contribution in [0.15, 0.2) is 46.9 Å². The molecule has 0 amide bonds. The van der Waals surface area contributed by atoms with Crippen molar-refractivity contribution in [3.8, 4) is 6.07 Å². The van der Waals surface area contributed by atoms with E-state index in [1.807, 2.05) is 24.3 Å². The van der Waals surface area contributed by atoms with E-state index in [1.165, 1.54) is 11.1 Å². The number of nitrogens with zero attached hydrogens (tertiary/aromatic N) is 1. The zero-order valence-electron chi connectivity index (χ0n) is 10.1. The van der Waals surface area contributed by atoms with Crippen LogP contribution in [0.5, 0.6) is 0 Å². The van der Waals surface area contributed by atoms with Crippen LogP contribution in [0.25, 0.3) is 0 Å². The number of hydrogen-bond donors (Lipinski definition) is 1. The van der Waals surface area contributed by atoms with Gasteiger partial charge < -0.3 is 5.32 Å². The Bertz CT molecular complexity index is 600. The average molecular weight is 301 g/mol. The monoisotopic (exact) mass is 300 g/mol.